The van der Waals surface area contributed by atoms with Crippen LogP contribution < -0.4 is 0 Å². The molecule has 0 aliphatic carbocycles. The van der Waals surface area contributed by atoms with Gasteiger partial charge in [0.1, 0.15) is 0 Å². The van der Waals surface area contributed by atoms with Gasteiger partial charge < -0.3 is 10.0 Å². The molecule has 1 aromatic heterocycles. The molecule has 1 heterocycles. The van der Waals surface area contributed by atoms with Crippen molar-refractivity contribution in [3.8, 4) is 0 Å². The Morgan fingerprint density at radius 3 is 2.53 bits per heavy atom. The van der Waals surface area contributed by atoms with E-state index in [0.717, 1.165) is 18.5 Å². The lowest BCUT2D eigenvalue weighted by Crippen LogP contribution is -2.37. The van der Waals surface area contributed by atoms with Crippen LogP contribution in [-0.4, -0.2) is 30.1 Å². The maximum absolute atomic E-state index is 10.6. The first-order valence-electron chi connectivity index (χ1n) is 6.57. The van der Waals surface area contributed by atoms with Crippen LogP contribution in [0.3, 0.4) is 0 Å². The van der Waals surface area contributed by atoms with Crippen molar-refractivity contribution in [3.05, 3.63) is 58.3 Å². The topological polar surface area (TPSA) is 23.5 Å². The molecule has 0 fully saturated rings. The van der Waals surface area contributed by atoms with Crippen LogP contribution in [0, 0.1) is 0 Å². The molecule has 0 spiro atoms. The standard InChI is InChI=1S/C16H21NOS/c1-16(18,14-7-4-3-5-8-14)13-17(2)11-10-15-9-6-12-19-15/h3-9,12,18H,10-11,13H2,1-2H3. The smallest absolute Gasteiger partial charge is 0.0994 e. The van der Waals surface area contributed by atoms with Crippen molar-refractivity contribution >= 4 is 11.3 Å². The average Bonchev–Trinajstić information content (AvgIpc) is 2.90. The van der Waals surface area contributed by atoms with E-state index in [9.17, 15) is 5.11 Å². The Bertz CT molecular complexity index is 479. The summed E-state index contributed by atoms with van der Waals surface area (Å²) in [6.45, 7) is 3.48. The number of hydrogen-bond acceptors (Lipinski definition) is 3. The van der Waals surface area contributed by atoms with Gasteiger partial charge in [0, 0.05) is 18.0 Å². The first kappa shape index (κ1) is 14.3. The van der Waals surface area contributed by atoms with Gasteiger partial charge in [-0.1, -0.05) is 36.4 Å². The molecule has 0 bridgehead atoms. The third-order valence-electron chi connectivity index (χ3n) is 3.29. The zero-order valence-corrected chi connectivity index (χ0v) is 12.4. The largest absolute Gasteiger partial charge is 0.384 e. The Kier molecular flexibility index (Phi) is 4.75. The van der Waals surface area contributed by atoms with Crippen molar-refractivity contribution in [1.82, 2.24) is 4.90 Å². The highest BCUT2D eigenvalue weighted by atomic mass is 32.1. The minimum atomic E-state index is -0.800. The molecule has 2 rings (SSSR count). The summed E-state index contributed by atoms with van der Waals surface area (Å²) < 4.78 is 0. The fourth-order valence-electron chi connectivity index (χ4n) is 2.25. The zero-order valence-electron chi connectivity index (χ0n) is 11.5. The van der Waals surface area contributed by atoms with Gasteiger partial charge in [0.15, 0.2) is 0 Å². The number of hydrogen-bond donors (Lipinski definition) is 1. The summed E-state index contributed by atoms with van der Waals surface area (Å²) in [5.74, 6) is 0. The summed E-state index contributed by atoms with van der Waals surface area (Å²) in [5.41, 5.74) is 0.170. The molecule has 102 valence electrons. The van der Waals surface area contributed by atoms with Crippen molar-refractivity contribution in [2.24, 2.45) is 0 Å². The summed E-state index contributed by atoms with van der Waals surface area (Å²) >= 11 is 1.79. The van der Waals surface area contributed by atoms with Crippen LogP contribution in [0.4, 0.5) is 0 Å². The van der Waals surface area contributed by atoms with Gasteiger partial charge in [-0.15, -0.1) is 11.3 Å². The summed E-state index contributed by atoms with van der Waals surface area (Å²) in [4.78, 5) is 3.58. The number of thiophene rings is 1. The van der Waals surface area contributed by atoms with E-state index in [0.29, 0.717) is 6.54 Å². The monoisotopic (exact) mass is 275 g/mol. The molecular formula is C16H21NOS. The first-order valence-corrected chi connectivity index (χ1v) is 7.45. The molecule has 1 N–H and O–H groups in total. The molecule has 3 heteroatoms. The Morgan fingerprint density at radius 1 is 1.16 bits per heavy atom. The van der Waals surface area contributed by atoms with Crippen molar-refractivity contribution < 1.29 is 5.11 Å². The van der Waals surface area contributed by atoms with Crippen molar-refractivity contribution in [3.63, 3.8) is 0 Å². The fraction of sp³-hybridized carbons (Fsp3) is 0.375. The fourth-order valence-corrected chi connectivity index (χ4v) is 2.95. The number of nitrogens with zero attached hydrogens (tertiary/aromatic N) is 1. The van der Waals surface area contributed by atoms with Crippen molar-refractivity contribution in [2.45, 2.75) is 18.9 Å². The molecule has 0 saturated carbocycles. The summed E-state index contributed by atoms with van der Waals surface area (Å²) in [5, 5.41) is 12.7. The molecule has 0 radical (unpaired) electrons. The van der Waals surface area contributed by atoms with E-state index >= 15 is 0 Å². The maximum Gasteiger partial charge on any atom is 0.0994 e. The van der Waals surface area contributed by atoms with Gasteiger partial charge in [0.25, 0.3) is 0 Å². The number of benzene rings is 1. The van der Waals surface area contributed by atoms with Gasteiger partial charge in [0.05, 0.1) is 5.60 Å². The molecular weight excluding hydrogens is 254 g/mol. The predicted octanol–water partition coefficient (Wildman–Crippen LogP) is 3.13. The van der Waals surface area contributed by atoms with E-state index in [1.807, 2.05) is 37.3 Å². The van der Waals surface area contributed by atoms with Crippen LogP contribution in [-0.2, 0) is 12.0 Å². The van der Waals surface area contributed by atoms with E-state index in [-0.39, 0.29) is 0 Å². The average molecular weight is 275 g/mol. The van der Waals surface area contributed by atoms with Crippen molar-refractivity contribution in [2.75, 3.05) is 20.1 Å². The number of aliphatic hydroxyl groups is 1. The molecule has 0 amide bonds. The van der Waals surface area contributed by atoms with Crippen LogP contribution in [0.1, 0.15) is 17.4 Å². The highest BCUT2D eigenvalue weighted by Gasteiger charge is 2.24. The first-order chi connectivity index (χ1) is 9.08. The second-order valence-electron chi connectivity index (χ2n) is 5.21. The maximum atomic E-state index is 10.6. The Morgan fingerprint density at radius 2 is 1.89 bits per heavy atom. The van der Waals surface area contributed by atoms with E-state index in [2.05, 4.69) is 29.5 Å². The number of likely N-dealkylation sites (N-methyl/N-ethyl adjacent to an activating group) is 1. The SMILES string of the molecule is CN(CCc1cccs1)CC(C)(O)c1ccccc1. The van der Waals surface area contributed by atoms with Gasteiger partial charge in [-0.25, -0.2) is 0 Å². The van der Waals surface area contributed by atoms with Crippen LogP contribution in [0.15, 0.2) is 47.8 Å². The highest BCUT2D eigenvalue weighted by molar-refractivity contribution is 7.09. The lowest BCUT2D eigenvalue weighted by Gasteiger charge is -2.29. The van der Waals surface area contributed by atoms with Crippen LogP contribution in [0.5, 0.6) is 0 Å². The second-order valence-corrected chi connectivity index (χ2v) is 6.24. The molecule has 1 atom stereocenters. The molecule has 19 heavy (non-hydrogen) atoms. The minimum Gasteiger partial charge on any atom is -0.384 e. The highest BCUT2D eigenvalue weighted by Crippen LogP contribution is 2.21. The Hall–Kier alpha value is -1.16. The lowest BCUT2D eigenvalue weighted by molar-refractivity contribution is 0.0238. The van der Waals surface area contributed by atoms with Crippen LogP contribution >= 0.6 is 11.3 Å². The van der Waals surface area contributed by atoms with E-state index < -0.39 is 5.60 Å². The quantitative estimate of drug-likeness (QED) is 0.875. The Labute approximate surface area is 119 Å². The Balaban J connectivity index is 1.89. The molecule has 0 aliphatic rings. The third kappa shape index (κ3) is 4.16. The zero-order chi connectivity index (χ0) is 13.7. The van der Waals surface area contributed by atoms with Gasteiger partial charge in [-0.05, 0) is 37.4 Å². The van der Waals surface area contributed by atoms with Gasteiger partial charge in [0.2, 0.25) is 0 Å². The molecule has 2 aromatic rings. The minimum absolute atomic E-state index is 0.641. The molecule has 1 aromatic carbocycles. The van der Waals surface area contributed by atoms with Crippen molar-refractivity contribution in [1.29, 1.82) is 0 Å². The van der Waals surface area contributed by atoms with E-state index in [1.54, 1.807) is 11.3 Å². The molecule has 0 saturated heterocycles. The van der Waals surface area contributed by atoms with Gasteiger partial charge in [-0.3, -0.25) is 0 Å². The summed E-state index contributed by atoms with van der Waals surface area (Å²) in [6, 6.07) is 14.1. The molecule has 2 nitrogen and oxygen atoms in total. The van der Waals surface area contributed by atoms with Gasteiger partial charge in [-0.2, -0.15) is 0 Å². The molecule has 1 unspecified atom stereocenters. The normalized spacial score (nSPS) is 14.5. The van der Waals surface area contributed by atoms with Crippen LogP contribution in [0.25, 0.3) is 0 Å². The van der Waals surface area contributed by atoms with E-state index in [1.165, 1.54) is 4.88 Å². The lowest BCUT2D eigenvalue weighted by atomic mass is 9.95. The van der Waals surface area contributed by atoms with Crippen LogP contribution in [0.2, 0.25) is 0 Å². The van der Waals surface area contributed by atoms with E-state index in [4.69, 9.17) is 0 Å². The van der Waals surface area contributed by atoms with Gasteiger partial charge >= 0.3 is 0 Å². The number of rotatable bonds is 6. The second kappa shape index (κ2) is 6.33. The summed E-state index contributed by atoms with van der Waals surface area (Å²) in [6.07, 6.45) is 1.04. The summed E-state index contributed by atoms with van der Waals surface area (Å²) in [7, 11) is 2.06. The third-order valence-corrected chi connectivity index (χ3v) is 4.23. The predicted molar refractivity (Wildman–Crippen MR) is 81.5 cm³/mol. The molecule has 0 aliphatic heterocycles.